The summed E-state index contributed by atoms with van der Waals surface area (Å²) < 4.78 is 26.5. The predicted octanol–water partition coefficient (Wildman–Crippen LogP) is 3.71. The lowest BCUT2D eigenvalue weighted by Gasteiger charge is -2.33. The lowest BCUT2D eigenvalue weighted by Crippen LogP contribution is -2.53. The molecule has 1 N–H and O–H groups in total. The van der Waals surface area contributed by atoms with Crippen molar-refractivity contribution >= 4 is 27.5 Å². The zero-order valence-corrected chi connectivity index (χ0v) is 22.1. The third kappa shape index (κ3) is 7.58. The van der Waals surface area contributed by atoms with E-state index in [0.717, 1.165) is 32.8 Å². The van der Waals surface area contributed by atoms with Crippen LogP contribution in [0, 0.1) is 20.8 Å². The first-order chi connectivity index (χ1) is 15.8. The normalized spacial score (nSPS) is 12.4. The van der Waals surface area contributed by atoms with Gasteiger partial charge < -0.3 is 10.2 Å². The minimum absolute atomic E-state index is 0.0831. The van der Waals surface area contributed by atoms with Crippen molar-refractivity contribution in [3.8, 4) is 0 Å². The van der Waals surface area contributed by atoms with Gasteiger partial charge in [0.05, 0.1) is 11.9 Å². The average Bonchev–Trinajstić information content (AvgIpc) is 2.69. The molecule has 0 unspecified atom stereocenters. The first kappa shape index (κ1) is 27.4. The zero-order valence-electron chi connectivity index (χ0n) is 21.3. The van der Waals surface area contributed by atoms with Crippen molar-refractivity contribution in [1.82, 2.24) is 10.2 Å². The van der Waals surface area contributed by atoms with Crippen molar-refractivity contribution in [3.05, 3.63) is 64.7 Å². The van der Waals surface area contributed by atoms with Crippen LogP contribution in [0.2, 0.25) is 0 Å². The zero-order chi connectivity index (χ0) is 25.6. The standard InChI is InChI=1S/C26H37N3O4S/c1-8-24(26(31)27-18(2)3)28(16-22-11-9-10-19(4)13-22)25(30)17-29(34(7,32)33)23-14-20(5)12-21(6)15-23/h9-15,18,24H,8,16-17H2,1-7H3,(H,27,31)/t24-/m0/s1. The van der Waals surface area contributed by atoms with E-state index in [1.165, 1.54) is 4.90 Å². The minimum Gasteiger partial charge on any atom is -0.352 e. The second kappa shape index (κ2) is 11.5. The highest BCUT2D eigenvalue weighted by Crippen LogP contribution is 2.22. The maximum absolute atomic E-state index is 13.7. The number of hydrogen-bond acceptors (Lipinski definition) is 4. The molecule has 0 aliphatic heterocycles. The fourth-order valence-corrected chi connectivity index (χ4v) is 4.85. The highest BCUT2D eigenvalue weighted by molar-refractivity contribution is 7.92. The molecule has 0 heterocycles. The second-order valence-corrected chi connectivity index (χ2v) is 11.1. The van der Waals surface area contributed by atoms with E-state index in [4.69, 9.17) is 0 Å². The van der Waals surface area contributed by atoms with Gasteiger partial charge in [0, 0.05) is 12.6 Å². The van der Waals surface area contributed by atoms with Crippen LogP contribution in [-0.2, 0) is 26.2 Å². The van der Waals surface area contributed by atoms with Crippen LogP contribution in [-0.4, -0.2) is 50.0 Å². The number of carbonyl (C=O) groups excluding carboxylic acids is 2. The molecule has 0 saturated carbocycles. The van der Waals surface area contributed by atoms with E-state index in [-0.39, 0.29) is 25.0 Å². The molecule has 0 spiro atoms. The summed E-state index contributed by atoms with van der Waals surface area (Å²) in [5.41, 5.74) is 4.15. The molecule has 2 amide bonds. The van der Waals surface area contributed by atoms with Crippen molar-refractivity contribution < 1.29 is 18.0 Å². The number of nitrogens with zero attached hydrogens (tertiary/aromatic N) is 2. The van der Waals surface area contributed by atoms with Crippen LogP contribution in [0.3, 0.4) is 0 Å². The molecular formula is C26H37N3O4S. The van der Waals surface area contributed by atoms with Crippen LogP contribution in [0.25, 0.3) is 0 Å². The molecule has 0 radical (unpaired) electrons. The number of nitrogens with one attached hydrogen (secondary N) is 1. The Labute approximate surface area is 204 Å². The van der Waals surface area contributed by atoms with E-state index >= 15 is 0 Å². The molecule has 0 fully saturated rings. The van der Waals surface area contributed by atoms with E-state index in [2.05, 4.69) is 5.32 Å². The van der Waals surface area contributed by atoms with Gasteiger partial charge in [0.2, 0.25) is 21.8 Å². The largest absolute Gasteiger partial charge is 0.352 e. The maximum atomic E-state index is 13.7. The van der Waals surface area contributed by atoms with Crippen molar-refractivity contribution in [2.75, 3.05) is 17.1 Å². The maximum Gasteiger partial charge on any atom is 0.244 e. The summed E-state index contributed by atoms with van der Waals surface area (Å²) in [6, 6.07) is 12.4. The van der Waals surface area contributed by atoms with Crippen LogP contribution in [0.1, 0.15) is 49.4 Å². The smallest absolute Gasteiger partial charge is 0.244 e. The van der Waals surface area contributed by atoms with Crippen molar-refractivity contribution in [3.63, 3.8) is 0 Å². The molecule has 186 valence electrons. The molecule has 0 aliphatic rings. The Hall–Kier alpha value is -2.87. The van der Waals surface area contributed by atoms with Crippen LogP contribution in [0.15, 0.2) is 42.5 Å². The average molecular weight is 488 g/mol. The SMILES string of the molecule is CC[C@@H](C(=O)NC(C)C)N(Cc1cccc(C)c1)C(=O)CN(c1cc(C)cc(C)c1)S(C)(=O)=O. The molecule has 2 rings (SSSR count). The number of carbonyl (C=O) groups is 2. The summed E-state index contributed by atoms with van der Waals surface area (Å²) in [5, 5.41) is 2.89. The summed E-state index contributed by atoms with van der Waals surface area (Å²) in [4.78, 5) is 28.1. The number of sulfonamides is 1. The number of aryl methyl sites for hydroxylation is 3. The van der Waals surface area contributed by atoms with Gasteiger partial charge in [0.15, 0.2) is 0 Å². The predicted molar refractivity (Wildman–Crippen MR) is 137 cm³/mol. The third-order valence-electron chi connectivity index (χ3n) is 5.43. The van der Waals surface area contributed by atoms with E-state index in [0.29, 0.717) is 12.1 Å². The fraction of sp³-hybridized carbons (Fsp3) is 0.462. The van der Waals surface area contributed by atoms with E-state index in [1.807, 2.05) is 71.9 Å². The Morgan fingerprint density at radius 2 is 1.59 bits per heavy atom. The van der Waals surface area contributed by atoms with Crippen LogP contribution in [0.5, 0.6) is 0 Å². The molecule has 0 saturated heterocycles. The Balaban J connectivity index is 2.48. The van der Waals surface area contributed by atoms with Gasteiger partial charge in [-0.1, -0.05) is 42.8 Å². The Morgan fingerprint density at radius 1 is 0.971 bits per heavy atom. The van der Waals surface area contributed by atoms with Crippen molar-refractivity contribution in [2.45, 2.75) is 66.6 Å². The Bertz CT molecular complexity index is 1110. The second-order valence-electron chi connectivity index (χ2n) is 9.21. The van der Waals surface area contributed by atoms with Gasteiger partial charge in [0.1, 0.15) is 12.6 Å². The summed E-state index contributed by atoms with van der Waals surface area (Å²) in [7, 11) is -3.75. The Morgan fingerprint density at radius 3 is 2.09 bits per heavy atom. The van der Waals surface area contributed by atoms with Crippen LogP contribution >= 0.6 is 0 Å². The van der Waals surface area contributed by atoms with Gasteiger partial charge in [-0.15, -0.1) is 0 Å². The van der Waals surface area contributed by atoms with E-state index < -0.39 is 22.0 Å². The molecular weight excluding hydrogens is 450 g/mol. The summed E-state index contributed by atoms with van der Waals surface area (Å²) >= 11 is 0. The van der Waals surface area contributed by atoms with Crippen LogP contribution in [0.4, 0.5) is 5.69 Å². The van der Waals surface area contributed by atoms with Crippen molar-refractivity contribution in [1.29, 1.82) is 0 Å². The van der Waals surface area contributed by atoms with Gasteiger partial charge in [-0.05, 0) is 69.9 Å². The molecule has 1 atom stereocenters. The summed E-state index contributed by atoms with van der Waals surface area (Å²) in [5.74, 6) is -0.687. The molecule has 7 nitrogen and oxygen atoms in total. The van der Waals surface area contributed by atoms with Gasteiger partial charge in [-0.3, -0.25) is 13.9 Å². The fourth-order valence-electron chi connectivity index (χ4n) is 4.02. The molecule has 34 heavy (non-hydrogen) atoms. The number of hydrogen-bond donors (Lipinski definition) is 1. The highest BCUT2D eigenvalue weighted by atomic mass is 32.2. The number of anilines is 1. The molecule has 0 aromatic heterocycles. The number of benzene rings is 2. The van der Waals surface area contributed by atoms with Gasteiger partial charge >= 0.3 is 0 Å². The summed E-state index contributed by atoms with van der Waals surface area (Å²) in [6.07, 6.45) is 1.49. The van der Waals surface area contributed by atoms with Crippen molar-refractivity contribution in [2.24, 2.45) is 0 Å². The number of amides is 2. The molecule has 2 aromatic rings. The summed E-state index contributed by atoms with van der Waals surface area (Å²) in [6.45, 7) is 11.1. The monoisotopic (exact) mass is 487 g/mol. The van der Waals surface area contributed by atoms with Gasteiger partial charge in [-0.2, -0.15) is 0 Å². The molecule has 2 aromatic carbocycles. The minimum atomic E-state index is -3.75. The molecule has 8 heteroatoms. The lowest BCUT2D eigenvalue weighted by atomic mass is 10.1. The topological polar surface area (TPSA) is 86.8 Å². The van der Waals surface area contributed by atoms with Gasteiger partial charge in [0.25, 0.3) is 0 Å². The third-order valence-corrected chi connectivity index (χ3v) is 6.57. The Kier molecular flexibility index (Phi) is 9.27. The van der Waals surface area contributed by atoms with Gasteiger partial charge in [-0.25, -0.2) is 8.42 Å². The first-order valence-electron chi connectivity index (χ1n) is 11.5. The number of rotatable bonds is 10. The molecule has 0 bridgehead atoms. The highest BCUT2D eigenvalue weighted by Gasteiger charge is 2.32. The first-order valence-corrected chi connectivity index (χ1v) is 13.4. The molecule has 0 aliphatic carbocycles. The lowest BCUT2D eigenvalue weighted by molar-refractivity contribution is -0.140. The van der Waals surface area contributed by atoms with E-state index in [9.17, 15) is 18.0 Å². The van der Waals surface area contributed by atoms with Crippen LogP contribution < -0.4 is 9.62 Å². The quantitative estimate of drug-likeness (QED) is 0.554. The van der Waals surface area contributed by atoms with E-state index in [1.54, 1.807) is 12.1 Å².